The number of esters is 1. The summed E-state index contributed by atoms with van der Waals surface area (Å²) in [6, 6.07) is 0. The van der Waals surface area contributed by atoms with Gasteiger partial charge in [0.25, 0.3) is 5.56 Å². The van der Waals surface area contributed by atoms with Crippen molar-refractivity contribution < 1.29 is 14.3 Å². The summed E-state index contributed by atoms with van der Waals surface area (Å²) < 4.78 is 6.22. The maximum absolute atomic E-state index is 12.8. The lowest BCUT2D eigenvalue weighted by Gasteiger charge is -2.05. The van der Waals surface area contributed by atoms with E-state index in [0.717, 1.165) is 16.3 Å². The second-order valence-electron chi connectivity index (χ2n) is 6.28. The molecule has 3 rings (SSSR count). The Morgan fingerprint density at radius 1 is 1.29 bits per heavy atom. The lowest BCUT2D eigenvalue weighted by molar-refractivity contribution is -0.116. The second kappa shape index (κ2) is 8.15. The van der Waals surface area contributed by atoms with Crippen LogP contribution in [0.5, 0.6) is 0 Å². The van der Waals surface area contributed by atoms with Crippen molar-refractivity contribution in [3.63, 3.8) is 0 Å². The molecule has 0 aliphatic carbocycles. The molecule has 0 aliphatic rings. The molecule has 3 aromatic rings. The van der Waals surface area contributed by atoms with E-state index >= 15 is 0 Å². The Bertz CT molecular complexity index is 1100. The lowest BCUT2D eigenvalue weighted by atomic mass is 10.2. The van der Waals surface area contributed by atoms with Crippen LogP contribution in [0.25, 0.3) is 10.2 Å². The van der Waals surface area contributed by atoms with Gasteiger partial charge in [0, 0.05) is 5.92 Å². The maximum Gasteiger partial charge on any atom is 0.348 e. The van der Waals surface area contributed by atoms with Crippen LogP contribution in [0.15, 0.2) is 11.1 Å². The molecule has 1 amide bonds. The smallest absolute Gasteiger partial charge is 0.348 e. The fourth-order valence-corrected chi connectivity index (χ4v) is 4.29. The first-order chi connectivity index (χ1) is 13.3. The number of aryl methyl sites for hydroxylation is 1. The summed E-state index contributed by atoms with van der Waals surface area (Å²) >= 11 is 2.40. The molecule has 1 N–H and O–H groups in total. The van der Waals surface area contributed by atoms with E-state index in [1.165, 1.54) is 22.2 Å². The largest absolute Gasteiger partial charge is 0.462 e. The Morgan fingerprint density at radius 3 is 2.68 bits per heavy atom. The highest BCUT2D eigenvalue weighted by Crippen LogP contribution is 2.27. The normalized spacial score (nSPS) is 11.2. The van der Waals surface area contributed by atoms with Gasteiger partial charge in [-0.15, -0.1) is 21.5 Å². The summed E-state index contributed by atoms with van der Waals surface area (Å²) in [5.74, 6) is -0.676. The van der Waals surface area contributed by atoms with Gasteiger partial charge in [-0.3, -0.25) is 19.5 Å². The van der Waals surface area contributed by atoms with Crippen LogP contribution in [0, 0.1) is 6.92 Å². The average Bonchev–Trinajstić information content (AvgIpc) is 3.23. The minimum atomic E-state index is -0.482. The Morgan fingerprint density at radius 2 is 2.04 bits per heavy atom. The number of aromatic nitrogens is 4. The molecule has 0 bridgehead atoms. The van der Waals surface area contributed by atoms with Gasteiger partial charge in [-0.2, -0.15) is 0 Å². The second-order valence-corrected chi connectivity index (χ2v) is 8.29. The third-order valence-corrected chi connectivity index (χ3v) is 6.19. The number of fused-ring (bicyclic) bond motifs is 1. The molecule has 0 spiro atoms. The molecule has 0 saturated carbocycles. The van der Waals surface area contributed by atoms with Crippen molar-refractivity contribution in [2.45, 2.75) is 40.2 Å². The molecule has 0 aliphatic heterocycles. The Balaban J connectivity index is 1.84. The predicted molar refractivity (Wildman–Crippen MR) is 107 cm³/mol. The molecule has 0 radical (unpaired) electrons. The third kappa shape index (κ3) is 3.94. The number of nitrogens with zero attached hydrogens (tertiary/aromatic N) is 4. The van der Waals surface area contributed by atoms with Crippen molar-refractivity contribution >= 4 is 49.9 Å². The number of carbonyl (C=O) groups is 2. The Kier molecular flexibility index (Phi) is 5.84. The SMILES string of the molecule is CCOC(=O)c1sc2ncn(CC(=O)Nc3nnc(C(C)C)s3)c(=O)c2c1C. The zero-order valence-electron chi connectivity index (χ0n) is 15.8. The van der Waals surface area contributed by atoms with Crippen LogP contribution < -0.4 is 10.9 Å². The van der Waals surface area contributed by atoms with Crippen molar-refractivity contribution in [2.24, 2.45) is 0 Å². The van der Waals surface area contributed by atoms with E-state index in [0.29, 0.717) is 25.8 Å². The summed E-state index contributed by atoms with van der Waals surface area (Å²) in [5, 5.41) is 12.1. The maximum atomic E-state index is 12.8. The summed E-state index contributed by atoms with van der Waals surface area (Å²) in [5.41, 5.74) is 0.126. The monoisotopic (exact) mass is 421 g/mol. The topological polar surface area (TPSA) is 116 Å². The van der Waals surface area contributed by atoms with Crippen LogP contribution in [0.1, 0.15) is 46.9 Å². The van der Waals surface area contributed by atoms with E-state index in [2.05, 4.69) is 20.5 Å². The molecular weight excluding hydrogens is 402 g/mol. The number of amides is 1. The number of carbonyl (C=O) groups excluding carboxylic acids is 2. The number of anilines is 1. The highest BCUT2D eigenvalue weighted by Gasteiger charge is 2.21. The molecule has 0 atom stereocenters. The number of hydrogen-bond acceptors (Lipinski definition) is 9. The van der Waals surface area contributed by atoms with Crippen LogP contribution in [0.4, 0.5) is 5.13 Å². The van der Waals surface area contributed by atoms with Crippen molar-refractivity contribution in [3.8, 4) is 0 Å². The quantitative estimate of drug-likeness (QED) is 0.608. The lowest BCUT2D eigenvalue weighted by Crippen LogP contribution is -2.27. The molecule has 0 aromatic carbocycles. The van der Waals surface area contributed by atoms with Gasteiger partial charge in [0.1, 0.15) is 21.3 Å². The van der Waals surface area contributed by atoms with Crippen molar-refractivity contribution in [3.05, 3.63) is 32.1 Å². The Hall–Kier alpha value is -2.66. The summed E-state index contributed by atoms with van der Waals surface area (Å²) in [6.07, 6.45) is 1.30. The van der Waals surface area contributed by atoms with Crippen LogP contribution in [0.2, 0.25) is 0 Å². The summed E-state index contributed by atoms with van der Waals surface area (Å²) in [6.45, 7) is 7.39. The zero-order valence-corrected chi connectivity index (χ0v) is 17.4. The first kappa shape index (κ1) is 20.1. The van der Waals surface area contributed by atoms with Crippen LogP contribution in [-0.2, 0) is 16.1 Å². The van der Waals surface area contributed by atoms with Crippen molar-refractivity contribution in [2.75, 3.05) is 11.9 Å². The Labute approximate surface area is 168 Å². The van der Waals surface area contributed by atoms with E-state index in [9.17, 15) is 14.4 Å². The fourth-order valence-electron chi connectivity index (χ4n) is 2.50. The van der Waals surface area contributed by atoms with E-state index in [-0.39, 0.29) is 24.6 Å². The minimum absolute atomic E-state index is 0.215. The predicted octanol–water partition coefficient (Wildman–Crippen LogP) is 2.56. The van der Waals surface area contributed by atoms with Gasteiger partial charge in [-0.05, 0) is 19.4 Å². The molecule has 3 heterocycles. The molecular formula is C17H19N5O4S2. The highest BCUT2D eigenvalue weighted by atomic mass is 32.1. The first-order valence-electron chi connectivity index (χ1n) is 8.60. The van der Waals surface area contributed by atoms with Gasteiger partial charge in [-0.1, -0.05) is 25.2 Å². The van der Waals surface area contributed by atoms with E-state index in [1.807, 2.05) is 13.8 Å². The van der Waals surface area contributed by atoms with Crippen LogP contribution in [0.3, 0.4) is 0 Å². The number of ether oxygens (including phenoxy) is 1. The summed E-state index contributed by atoms with van der Waals surface area (Å²) in [7, 11) is 0. The van der Waals surface area contributed by atoms with Gasteiger partial charge in [0.2, 0.25) is 11.0 Å². The van der Waals surface area contributed by atoms with Gasteiger partial charge >= 0.3 is 5.97 Å². The third-order valence-electron chi connectivity index (χ3n) is 3.87. The molecule has 148 valence electrons. The number of thiophene rings is 1. The number of rotatable bonds is 6. The number of nitrogens with one attached hydrogen (secondary N) is 1. The van der Waals surface area contributed by atoms with Crippen molar-refractivity contribution in [1.29, 1.82) is 0 Å². The minimum Gasteiger partial charge on any atom is -0.462 e. The molecule has 11 heteroatoms. The fraction of sp³-hybridized carbons (Fsp3) is 0.412. The molecule has 9 nitrogen and oxygen atoms in total. The molecule has 0 unspecified atom stereocenters. The zero-order chi connectivity index (χ0) is 20.4. The summed E-state index contributed by atoms with van der Waals surface area (Å²) in [4.78, 5) is 42.1. The van der Waals surface area contributed by atoms with Gasteiger partial charge in [-0.25, -0.2) is 9.78 Å². The van der Waals surface area contributed by atoms with E-state index in [4.69, 9.17) is 4.74 Å². The highest BCUT2D eigenvalue weighted by molar-refractivity contribution is 7.20. The average molecular weight is 422 g/mol. The van der Waals surface area contributed by atoms with Crippen molar-refractivity contribution in [1.82, 2.24) is 19.7 Å². The number of hydrogen-bond donors (Lipinski definition) is 1. The van der Waals surface area contributed by atoms with Gasteiger partial charge in [0.05, 0.1) is 18.3 Å². The van der Waals surface area contributed by atoms with Crippen LogP contribution in [-0.4, -0.2) is 38.2 Å². The molecule has 28 heavy (non-hydrogen) atoms. The van der Waals surface area contributed by atoms with E-state index < -0.39 is 11.9 Å². The standard InChI is InChI=1S/C17H19N5O4S2/c1-5-26-16(25)12-9(4)11-14(27-12)18-7-22(15(11)24)6-10(23)19-17-21-20-13(28-17)8(2)3/h7-8H,5-6H2,1-4H3,(H,19,21,23). The van der Waals surface area contributed by atoms with Gasteiger partial charge in [0.15, 0.2) is 0 Å². The van der Waals surface area contributed by atoms with Gasteiger partial charge < -0.3 is 4.74 Å². The first-order valence-corrected chi connectivity index (χ1v) is 10.2. The molecule has 3 aromatic heterocycles. The van der Waals surface area contributed by atoms with Crippen LogP contribution >= 0.6 is 22.7 Å². The molecule has 0 saturated heterocycles. The molecule has 0 fully saturated rings. The van der Waals surface area contributed by atoms with E-state index in [1.54, 1.807) is 13.8 Å².